The van der Waals surface area contributed by atoms with Gasteiger partial charge in [-0.25, -0.2) is 4.39 Å². The second-order valence-electron chi connectivity index (χ2n) is 14.8. The van der Waals surface area contributed by atoms with Crippen molar-refractivity contribution in [1.29, 1.82) is 0 Å². The van der Waals surface area contributed by atoms with Crippen molar-refractivity contribution >= 4 is 28.4 Å². The van der Waals surface area contributed by atoms with Crippen molar-refractivity contribution in [3.63, 3.8) is 0 Å². The molecule has 2 amide bonds. The van der Waals surface area contributed by atoms with E-state index in [-0.39, 0.29) is 47.3 Å². The molecule has 1 atom stereocenters. The third-order valence-electron chi connectivity index (χ3n) is 11.4. The van der Waals surface area contributed by atoms with Gasteiger partial charge < -0.3 is 19.5 Å². The molecule has 11 nitrogen and oxygen atoms in total. The van der Waals surface area contributed by atoms with Crippen LogP contribution >= 0.6 is 0 Å². The Bertz CT molecular complexity index is 2080. The molecule has 0 saturated carbocycles. The van der Waals surface area contributed by atoms with E-state index in [1.54, 1.807) is 31.6 Å². The molecule has 5 heterocycles. The molecular weight excluding hydrogens is 706 g/mol. The molecule has 7 rings (SSSR count). The first-order valence-electron chi connectivity index (χ1n) is 18.5. The van der Waals surface area contributed by atoms with Crippen LogP contribution < -0.4 is 20.9 Å². The lowest BCUT2D eigenvalue weighted by atomic mass is 9.85. The Labute approximate surface area is 310 Å². The molecule has 15 heteroatoms. The zero-order valence-corrected chi connectivity index (χ0v) is 30.4. The first kappa shape index (κ1) is 37.6. The van der Waals surface area contributed by atoms with Crippen LogP contribution in [0.25, 0.3) is 22.0 Å². The zero-order chi connectivity index (χ0) is 38.1. The molecule has 3 saturated heterocycles. The zero-order valence-electron chi connectivity index (χ0n) is 30.4. The van der Waals surface area contributed by atoms with Gasteiger partial charge in [0.05, 0.1) is 18.9 Å². The number of ether oxygens (including phenoxy) is 1. The van der Waals surface area contributed by atoms with Gasteiger partial charge in [-0.3, -0.25) is 29.7 Å². The second kappa shape index (κ2) is 15.5. The number of carbonyl (C=O) groups excluding carboxylic acids is 2. The van der Waals surface area contributed by atoms with Crippen LogP contribution in [-0.2, 0) is 29.4 Å². The van der Waals surface area contributed by atoms with E-state index in [1.165, 1.54) is 23.8 Å². The second-order valence-corrected chi connectivity index (χ2v) is 14.8. The molecule has 2 aromatic heterocycles. The van der Waals surface area contributed by atoms with Crippen molar-refractivity contribution in [1.82, 2.24) is 29.9 Å². The number of alkyl halides is 3. The molecule has 0 radical (unpaired) electrons. The number of methoxy groups -OCH3 is 1. The molecule has 3 aliphatic heterocycles. The minimum absolute atomic E-state index is 0.136. The van der Waals surface area contributed by atoms with Crippen molar-refractivity contribution in [2.45, 2.75) is 69.6 Å². The normalized spacial score (nSPS) is 19.7. The van der Waals surface area contributed by atoms with E-state index in [1.807, 2.05) is 0 Å². The van der Waals surface area contributed by atoms with Crippen LogP contribution in [0.1, 0.15) is 67.6 Å². The molecule has 54 heavy (non-hydrogen) atoms. The predicted octanol–water partition coefficient (Wildman–Crippen LogP) is 5.79. The highest BCUT2D eigenvalue weighted by Crippen LogP contribution is 2.41. The number of hydrogen-bond acceptors (Lipinski definition) is 8. The van der Waals surface area contributed by atoms with Crippen LogP contribution in [-0.4, -0.2) is 82.3 Å². The number of piperidine rings is 3. The fourth-order valence-corrected chi connectivity index (χ4v) is 8.25. The van der Waals surface area contributed by atoms with Crippen LogP contribution in [0.2, 0.25) is 0 Å². The molecular formula is C39H45F4N7O4. The summed E-state index contributed by atoms with van der Waals surface area (Å²) >= 11 is 0. The number of likely N-dealkylation sites (tertiary alicyclic amines) is 2. The Kier molecular flexibility index (Phi) is 10.8. The summed E-state index contributed by atoms with van der Waals surface area (Å²) in [5, 5.41) is 12.5. The fourth-order valence-electron chi connectivity index (χ4n) is 8.25. The summed E-state index contributed by atoms with van der Waals surface area (Å²) in [6.07, 6.45) is 3.28. The topological polar surface area (TPSA) is 125 Å². The van der Waals surface area contributed by atoms with Crippen LogP contribution in [0.3, 0.4) is 0 Å². The van der Waals surface area contributed by atoms with Gasteiger partial charge in [0.25, 0.3) is 5.56 Å². The maximum atomic E-state index is 15.7. The minimum atomic E-state index is -4.54. The van der Waals surface area contributed by atoms with Crippen molar-refractivity contribution < 1.29 is 31.9 Å². The van der Waals surface area contributed by atoms with Gasteiger partial charge in [0.2, 0.25) is 11.8 Å². The highest BCUT2D eigenvalue weighted by atomic mass is 19.4. The largest absolute Gasteiger partial charge is 0.496 e. The van der Waals surface area contributed by atoms with E-state index in [0.29, 0.717) is 58.6 Å². The maximum Gasteiger partial charge on any atom is 0.416 e. The van der Waals surface area contributed by atoms with Gasteiger partial charge in [-0.1, -0.05) is 6.07 Å². The monoisotopic (exact) mass is 751 g/mol. The Morgan fingerprint density at radius 2 is 1.72 bits per heavy atom. The van der Waals surface area contributed by atoms with E-state index >= 15 is 4.39 Å². The van der Waals surface area contributed by atoms with Crippen LogP contribution in [0.4, 0.5) is 23.2 Å². The number of aryl methyl sites for hydroxylation is 1. The molecule has 0 bridgehead atoms. The highest BCUT2D eigenvalue weighted by Gasteiger charge is 2.37. The predicted molar refractivity (Wildman–Crippen MR) is 196 cm³/mol. The SMILES string of the molecule is COc1cc(-c2cn(C)c(=O)c3[nH]ncc23)cc(F)c1CN1CCC(CCN2CCC(c3ccc(NC4CCC(=O)NC4=O)cc3C(F)(F)F)CC2)CC1. The number of pyridine rings is 1. The molecule has 0 spiro atoms. The molecule has 4 aromatic rings. The van der Waals surface area contributed by atoms with E-state index < -0.39 is 23.7 Å². The van der Waals surface area contributed by atoms with Gasteiger partial charge in [-0.15, -0.1) is 0 Å². The minimum Gasteiger partial charge on any atom is -0.496 e. The number of benzene rings is 2. The van der Waals surface area contributed by atoms with Crippen LogP contribution in [0.5, 0.6) is 5.75 Å². The number of anilines is 1. The van der Waals surface area contributed by atoms with Crippen molar-refractivity contribution in [2.24, 2.45) is 13.0 Å². The lowest BCUT2D eigenvalue weighted by Gasteiger charge is -2.36. The average molecular weight is 752 g/mol. The molecule has 2 aromatic carbocycles. The lowest BCUT2D eigenvalue weighted by Crippen LogP contribution is -2.47. The molecule has 3 fully saturated rings. The quantitative estimate of drug-likeness (QED) is 0.137. The third kappa shape index (κ3) is 8.02. The number of amides is 2. The van der Waals surface area contributed by atoms with Crippen molar-refractivity contribution in [3.05, 3.63) is 75.6 Å². The molecule has 1 unspecified atom stereocenters. The number of nitrogens with zero attached hydrogens (tertiary/aromatic N) is 4. The summed E-state index contributed by atoms with van der Waals surface area (Å²) in [4.78, 5) is 40.7. The average Bonchev–Trinajstić information content (AvgIpc) is 3.65. The van der Waals surface area contributed by atoms with Gasteiger partial charge in [-0.05, 0) is 118 Å². The standard InChI is InChI=1S/C39H45F4N7O4/c1-48-21-29(28-20-44-47-36(28)38(48)53)25-17-32(40)30(34(18-25)54-2)22-50-13-8-23(9-14-50)7-12-49-15-10-24(11-16-49)27-4-3-26(19-31(27)39(41,42)43)45-33-5-6-35(51)46-37(33)52/h3-4,17-21,23-24,33,45H,5-16,22H2,1-2H3,(H,44,47)(H,46,51,52). The lowest BCUT2D eigenvalue weighted by molar-refractivity contribution is -0.138. The molecule has 0 aliphatic carbocycles. The van der Waals surface area contributed by atoms with Gasteiger partial charge in [-0.2, -0.15) is 18.3 Å². The fraction of sp³-hybridized carbons (Fsp3) is 0.487. The number of halogens is 4. The smallest absolute Gasteiger partial charge is 0.416 e. The first-order valence-corrected chi connectivity index (χ1v) is 18.5. The number of carbonyl (C=O) groups is 2. The Balaban J connectivity index is 0.903. The molecule has 3 aliphatic rings. The summed E-state index contributed by atoms with van der Waals surface area (Å²) in [6.45, 7) is 4.38. The van der Waals surface area contributed by atoms with E-state index in [0.717, 1.165) is 58.1 Å². The first-order chi connectivity index (χ1) is 25.9. The Hall–Kier alpha value is -4.76. The number of imide groups is 1. The van der Waals surface area contributed by atoms with Gasteiger partial charge in [0.15, 0.2) is 0 Å². The third-order valence-corrected chi connectivity index (χ3v) is 11.4. The molecule has 288 valence electrons. The number of aromatic amines is 1. The molecule has 3 N–H and O–H groups in total. The number of nitrogens with one attached hydrogen (secondary N) is 3. The summed E-state index contributed by atoms with van der Waals surface area (Å²) in [5.74, 6) is -0.544. The number of fused-ring (bicyclic) bond motifs is 1. The summed E-state index contributed by atoms with van der Waals surface area (Å²) in [5.41, 5.74) is 1.72. The van der Waals surface area contributed by atoms with Crippen molar-refractivity contribution in [2.75, 3.05) is 45.2 Å². The Morgan fingerprint density at radius 3 is 2.43 bits per heavy atom. The number of H-pyrrole nitrogens is 1. The van der Waals surface area contributed by atoms with E-state index in [4.69, 9.17) is 4.74 Å². The van der Waals surface area contributed by atoms with Gasteiger partial charge in [0, 0.05) is 48.4 Å². The Morgan fingerprint density at radius 1 is 0.981 bits per heavy atom. The van der Waals surface area contributed by atoms with Crippen molar-refractivity contribution in [3.8, 4) is 16.9 Å². The number of aromatic nitrogens is 3. The maximum absolute atomic E-state index is 15.7. The number of rotatable bonds is 10. The van der Waals surface area contributed by atoms with E-state index in [2.05, 4.69) is 30.6 Å². The van der Waals surface area contributed by atoms with Crippen LogP contribution in [0.15, 0.2) is 47.5 Å². The summed E-state index contributed by atoms with van der Waals surface area (Å²) in [7, 11) is 3.17. The summed E-state index contributed by atoms with van der Waals surface area (Å²) in [6, 6.07) is 6.76. The van der Waals surface area contributed by atoms with Gasteiger partial charge in [0.1, 0.15) is 23.1 Å². The summed E-state index contributed by atoms with van der Waals surface area (Å²) < 4.78 is 65.5. The van der Waals surface area contributed by atoms with Crippen LogP contribution in [0, 0.1) is 11.7 Å². The van der Waals surface area contributed by atoms with E-state index in [9.17, 15) is 27.6 Å². The number of hydrogen-bond donors (Lipinski definition) is 3. The highest BCUT2D eigenvalue weighted by molar-refractivity contribution is 6.01. The van der Waals surface area contributed by atoms with Gasteiger partial charge >= 0.3 is 6.18 Å².